The molecule has 5 heteroatoms. The molecule has 2 aliphatic rings. The Morgan fingerprint density at radius 3 is 3.14 bits per heavy atom. The predicted molar refractivity (Wildman–Crippen MR) is 83.1 cm³/mol. The molecular formula is C16H19N3OS. The van der Waals surface area contributed by atoms with Crippen molar-refractivity contribution in [1.82, 2.24) is 15.0 Å². The van der Waals surface area contributed by atoms with Gasteiger partial charge in [-0.25, -0.2) is 0 Å². The van der Waals surface area contributed by atoms with Crippen LogP contribution in [0.25, 0.3) is 6.08 Å². The number of aromatic nitrogens is 2. The molecule has 110 valence electrons. The standard InChI is InChI=1S/C16H19N3OS/c1-3-13(7-8-14-4-2-10-21-14)19(9-1)11-15-17-16(18-20-15)12-5-6-12/h2,4,7-8,10,12-13H,1,3,5-6,9,11H2/b8-7+. The Morgan fingerprint density at radius 2 is 2.33 bits per heavy atom. The van der Waals surface area contributed by atoms with Crippen molar-refractivity contribution in [3.63, 3.8) is 0 Å². The predicted octanol–water partition coefficient (Wildman–Crippen LogP) is 3.69. The molecule has 1 saturated carbocycles. The number of nitrogens with zero attached hydrogens (tertiary/aromatic N) is 3. The van der Waals surface area contributed by atoms with Crippen LogP contribution in [0.1, 0.15) is 48.2 Å². The Morgan fingerprint density at radius 1 is 1.38 bits per heavy atom. The lowest BCUT2D eigenvalue weighted by Gasteiger charge is -2.19. The van der Waals surface area contributed by atoms with Crippen LogP contribution >= 0.6 is 11.3 Å². The molecule has 2 aromatic heterocycles. The van der Waals surface area contributed by atoms with Crippen LogP contribution in [0.5, 0.6) is 0 Å². The van der Waals surface area contributed by atoms with E-state index in [0.29, 0.717) is 12.0 Å². The maximum Gasteiger partial charge on any atom is 0.240 e. The molecule has 2 aromatic rings. The van der Waals surface area contributed by atoms with E-state index in [0.717, 1.165) is 24.8 Å². The number of hydrogen-bond donors (Lipinski definition) is 0. The average Bonchev–Trinajstić information content (AvgIpc) is 2.94. The fraction of sp³-hybridized carbons (Fsp3) is 0.500. The second-order valence-electron chi connectivity index (χ2n) is 5.88. The molecule has 0 N–H and O–H groups in total. The van der Waals surface area contributed by atoms with Crippen molar-refractivity contribution >= 4 is 17.4 Å². The van der Waals surface area contributed by atoms with Crippen molar-refractivity contribution in [3.05, 3.63) is 40.2 Å². The third-order valence-corrected chi connectivity index (χ3v) is 5.04. The molecule has 4 nitrogen and oxygen atoms in total. The monoisotopic (exact) mass is 301 g/mol. The molecule has 21 heavy (non-hydrogen) atoms. The highest BCUT2D eigenvalue weighted by molar-refractivity contribution is 7.10. The number of rotatable bonds is 5. The Kier molecular flexibility index (Phi) is 3.61. The Labute approximate surface area is 128 Å². The largest absolute Gasteiger partial charge is 0.338 e. The molecule has 0 radical (unpaired) electrons. The first-order valence-electron chi connectivity index (χ1n) is 7.67. The van der Waals surface area contributed by atoms with Crippen LogP contribution in [0.2, 0.25) is 0 Å². The van der Waals surface area contributed by atoms with E-state index in [1.807, 2.05) is 0 Å². The van der Waals surface area contributed by atoms with Gasteiger partial charge in [0.25, 0.3) is 0 Å². The van der Waals surface area contributed by atoms with Crippen LogP contribution in [0, 0.1) is 0 Å². The molecule has 0 aromatic carbocycles. The lowest BCUT2D eigenvalue weighted by molar-refractivity contribution is 0.236. The molecule has 4 rings (SSSR count). The van der Waals surface area contributed by atoms with Crippen LogP contribution < -0.4 is 0 Å². The SMILES string of the molecule is C(=C\C1CCCN1Cc1nc(C2CC2)no1)/c1cccs1. The van der Waals surface area contributed by atoms with Gasteiger partial charge in [0.05, 0.1) is 6.54 Å². The van der Waals surface area contributed by atoms with E-state index < -0.39 is 0 Å². The molecule has 1 aliphatic carbocycles. The molecule has 1 atom stereocenters. The Hall–Kier alpha value is -1.46. The van der Waals surface area contributed by atoms with Gasteiger partial charge >= 0.3 is 0 Å². The summed E-state index contributed by atoms with van der Waals surface area (Å²) >= 11 is 1.78. The van der Waals surface area contributed by atoms with E-state index in [-0.39, 0.29) is 0 Å². The van der Waals surface area contributed by atoms with E-state index >= 15 is 0 Å². The Balaban J connectivity index is 1.40. The van der Waals surface area contributed by atoms with Crippen LogP contribution in [-0.4, -0.2) is 27.6 Å². The van der Waals surface area contributed by atoms with E-state index in [1.54, 1.807) is 11.3 Å². The molecular weight excluding hydrogens is 282 g/mol. The molecule has 1 unspecified atom stereocenters. The van der Waals surface area contributed by atoms with Gasteiger partial charge in [-0.3, -0.25) is 4.90 Å². The van der Waals surface area contributed by atoms with Gasteiger partial charge in [0.15, 0.2) is 5.82 Å². The maximum absolute atomic E-state index is 5.40. The smallest absolute Gasteiger partial charge is 0.240 e. The summed E-state index contributed by atoms with van der Waals surface area (Å²) < 4.78 is 5.40. The van der Waals surface area contributed by atoms with Crippen LogP contribution in [0.3, 0.4) is 0 Å². The fourth-order valence-electron chi connectivity index (χ4n) is 2.87. The van der Waals surface area contributed by atoms with Crippen molar-refractivity contribution in [2.24, 2.45) is 0 Å². The number of hydrogen-bond acceptors (Lipinski definition) is 5. The Bertz CT molecular complexity index is 615. The van der Waals surface area contributed by atoms with Gasteiger partial charge in [-0.05, 0) is 49.8 Å². The second kappa shape index (κ2) is 5.73. The minimum Gasteiger partial charge on any atom is -0.338 e. The highest BCUT2D eigenvalue weighted by atomic mass is 32.1. The average molecular weight is 301 g/mol. The summed E-state index contributed by atoms with van der Waals surface area (Å²) in [6.07, 6.45) is 9.44. The number of thiophene rings is 1. The van der Waals surface area contributed by atoms with E-state index in [9.17, 15) is 0 Å². The van der Waals surface area contributed by atoms with Gasteiger partial charge in [-0.2, -0.15) is 4.98 Å². The normalized spacial score (nSPS) is 23.3. The van der Waals surface area contributed by atoms with Crippen molar-refractivity contribution in [2.45, 2.75) is 44.2 Å². The minimum atomic E-state index is 0.489. The molecule has 0 spiro atoms. The zero-order chi connectivity index (χ0) is 14.1. The maximum atomic E-state index is 5.40. The quantitative estimate of drug-likeness (QED) is 0.844. The highest BCUT2D eigenvalue weighted by Crippen LogP contribution is 2.38. The minimum absolute atomic E-state index is 0.489. The van der Waals surface area contributed by atoms with Gasteiger partial charge in [0.2, 0.25) is 5.89 Å². The van der Waals surface area contributed by atoms with Gasteiger partial charge < -0.3 is 4.52 Å². The first kappa shape index (κ1) is 13.2. The van der Waals surface area contributed by atoms with Crippen molar-refractivity contribution in [2.75, 3.05) is 6.54 Å². The zero-order valence-electron chi connectivity index (χ0n) is 11.9. The van der Waals surface area contributed by atoms with Gasteiger partial charge in [-0.1, -0.05) is 17.3 Å². The summed E-state index contributed by atoms with van der Waals surface area (Å²) in [5.74, 6) is 2.25. The highest BCUT2D eigenvalue weighted by Gasteiger charge is 2.30. The second-order valence-corrected chi connectivity index (χ2v) is 6.85. The summed E-state index contributed by atoms with van der Waals surface area (Å²) in [5.41, 5.74) is 0. The lowest BCUT2D eigenvalue weighted by Crippen LogP contribution is -2.27. The van der Waals surface area contributed by atoms with E-state index in [2.05, 4.69) is 44.7 Å². The van der Waals surface area contributed by atoms with Crippen LogP contribution in [0.4, 0.5) is 0 Å². The first-order valence-corrected chi connectivity index (χ1v) is 8.55. The molecule has 2 fully saturated rings. The summed E-state index contributed by atoms with van der Waals surface area (Å²) in [6, 6.07) is 4.73. The number of likely N-dealkylation sites (tertiary alicyclic amines) is 1. The topological polar surface area (TPSA) is 42.2 Å². The molecule has 1 saturated heterocycles. The summed E-state index contributed by atoms with van der Waals surface area (Å²) in [4.78, 5) is 8.29. The lowest BCUT2D eigenvalue weighted by atomic mass is 10.2. The molecule has 0 bridgehead atoms. The van der Waals surface area contributed by atoms with Gasteiger partial charge in [-0.15, -0.1) is 11.3 Å². The first-order chi connectivity index (χ1) is 10.4. The zero-order valence-corrected chi connectivity index (χ0v) is 12.8. The molecule has 3 heterocycles. The van der Waals surface area contributed by atoms with Crippen LogP contribution in [-0.2, 0) is 6.54 Å². The third-order valence-electron chi connectivity index (χ3n) is 4.20. The van der Waals surface area contributed by atoms with Crippen molar-refractivity contribution < 1.29 is 4.52 Å². The van der Waals surface area contributed by atoms with Gasteiger partial charge in [0.1, 0.15) is 0 Å². The van der Waals surface area contributed by atoms with Gasteiger partial charge in [0, 0.05) is 16.8 Å². The molecule has 0 amide bonds. The summed E-state index contributed by atoms with van der Waals surface area (Å²) in [6.45, 7) is 1.89. The van der Waals surface area contributed by atoms with Crippen molar-refractivity contribution in [3.8, 4) is 0 Å². The fourth-order valence-corrected chi connectivity index (χ4v) is 3.50. The van der Waals surface area contributed by atoms with Crippen molar-refractivity contribution in [1.29, 1.82) is 0 Å². The van der Waals surface area contributed by atoms with E-state index in [4.69, 9.17) is 4.52 Å². The van der Waals surface area contributed by atoms with Crippen LogP contribution in [0.15, 0.2) is 28.1 Å². The molecule has 1 aliphatic heterocycles. The third kappa shape index (κ3) is 3.09. The summed E-state index contributed by atoms with van der Waals surface area (Å²) in [5, 5.41) is 6.22. The summed E-state index contributed by atoms with van der Waals surface area (Å²) in [7, 11) is 0. The van der Waals surface area contributed by atoms with E-state index in [1.165, 1.54) is 30.6 Å².